The summed E-state index contributed by atoms with van der Waals surface area (Å²) in [4.78, 5) is 0. The number of hydrogen-bond donors (Lipinski definition) is 0. The van der Waals surface area contributed by atoms with Crippen molar-refractivity contribution < 1.29 is 9.47 Å². The number of methoxy groups -OCH3 is 1. The molecule has 0 saturated carbocycles. The van der Waals surface area contributed by atoms with Crippen molar-refractivity contribution in [3.05, 3.63) is 24.3 Å². The van der Waals surface area contributed by atoms with Crippen LogP contribution in [-0.2, 0) is 0 Å². The first-order valence-electron chi connectivity index (χ1n) is 7.38. The van der Waals surface area contributed by atoms with E-state index in [0.717, 1.165) is 36.4 Å². The van der Waals surface area contributed by atoms with Crippen molar-refractivity contribution in [3.8, 4) is 11.5 Å². The minimum atomic E-state index is 0.747. The molecule has 0 radical (unpaired) electrons. The van der Waals surface area contributed by atoms with Crippen LogP contribution < -0.4 is 9.47 Å². The minimum Gasteiger partial charge on any atom is -0.497 e. The van der Waals surface area contributed by atoms with Crippen molar-refractivity contribution in [2.75, 3.05) is 13.7 Å². The zero-order valence-corrected chi connectivity index (χ0v) is 12.8. The van der Waals surface area contributed by atoms with Crippen molar-refractivity contribution in [1.29, 1.82) is 0 Å². The first kappa shape index (κ1) is 15.9. The minimum absolute atomic E-state index is 0.747. The van der Waals surface area contributed by atoms with Gasteiger partial charge in [-0.25, -0.2) is 0 Å². The van der Waals surface area contributed by atoms with Crippen LogP contribution in [0, 0.1) is 11.8 Å². The lowest BCUT2D eigenvalue weighted by atomic mass is 9.98. The Labute approximate surface area is 118 Å². The number of benzene rings is 1. The second kappa shape index (κ2) is 8.84. The highest BCUT2D eigenvalue weighted by molar-refractivity contribution is 5.31. The highest BCUT2D eigenvalue weighted by Gasteiger charge is 2.04. The number of ether oxygens (including phenoxy) is 2. The molecule has 0 heterocycles. The molecular weight excluding hydrogens is 236 g/mol. The molecule has 2 heteroatoms. The average molecular weight is 264 g/mol. The second-order valence-corrected chi connectivity index (χ2v) is 5.74. The van der Waals surface area contributed by atoms with Gasteiger partial charge in [-0.15, -0.1) is 0 Å². The molecule has 1 rings (SSSR count). The predicted octanol–water partition coefficient (Wildman–Crippen LogP) is 4.93. The fourth-order valence-corrected chi connectivity index (χ4v) is 2.07. The van der Waals surface area contributed by atoms with Gasteiger partial charge in [0.1, 0.15) is 11.5 Å². The van der Waals surface area contributed by atoms with E-state index in [9.17, 15) is 0 Å². The van der Waals surface area contributed by atoms with Gasteiger partial charge in [0.05, 0.1) is 13.7 Å². The Hall–Kier alpha value is -1.18. The molecule has 19 heavy (non-hydrogen) atoms. The Kier molecular flexibility index (Phi) is 7.39. The van der Waals surface area contributed by atoms with Crippen LogP contribution in [0.3, 0.4) is 0 Å². The van der Waals surface area contributed by atoms with Gasteiger partial charge in [0.15, 0.2) is 0 Å². The molecule has 0 spiro atoms. The van der Waals surface area contributed by atoms with Gasteiger partial charge in [-0.05, 0) is 42.5 Å². The van der Waals surface area contributed by atoms with E-state index in [0.29, 0.717) is 0 Å². The van der Waals surface area contributed by atoms with Crippen molar-refractivity contribution in [3.63, 3.8) is 0 Å². The lowest BCUT2D eigenvalue weighted by Crippen LogP contribution is -2.04. The molecule has 0 N–H and O–H groups in total. The molecule has 0 saturated heterocycles. The van der Waals surface area contributed by atoms with E-state index in [-0.39, 0.29) is 0 Å². The Morgan fingerprint density at radius 2 is 1.53 bits per heavy atom. The fraction of sp³-hybridized carbons (Fsp3) is 0.647. The zero-order valence-electron chi connectivity index (χ0n) is 12.8. The van der Waals surface area contributed by atoms with Gasteiger partial charge >= 0.3 is 0 Å². The van der Waals surface area contributed by atoms with E-state index < -0.39 is 0 Å². The summed E-state index contributed by atoms with van der Waals surface area (Å²) in [5, 5.41) is 0. The van der Waals surface area contributed by atoms with E-state index in [4.69, 9.17) is 9.47 Å². The van der Waals surface area contributed by atoms with Gasteiger partial charge in [0.25, 0.3) is 0 Å². The highest BCUT2D eigenvalue weighted by Crippen LogP contribution is 2.19. The quantitative estimate of drug-likeness (QED) is 0.630. The van der Waals surface area contributed by atoms with E-state index >= 15 is 0 Å². The third-order valence-corrected chi connectivity index (χ3v) is 3.42. The predicted molar refractivity (Wildman–Crippen MR) is 81.0 cm³/mol. The highest BCUT2D eigenvalue weighted by atomic mass is 16.5. The lowest BCUT2D eigenvalue weighted by Gasteiger charge is -2.13. The Morgan fingerprint density at radius 1 is 0.895 bits per heavy atom. The van der Waals surface area contributed by atoms with Crippen LogP contribution >= 0.6 is 0 Å². The molecule has 1 atom stereocenters. The molecule has 0 amide bonds. The normalized spacial score (nSPS) is 12.5. The Morgan fingerprint density at radius 3 is 2.11 bits per heavy atom. The third kappa shape index (κ3) is 7.09. The second-order valence-electron chi connectivity index (χ2n) is 5.74. The van der Waals surface area contributed by atoms with Crippen LogP contribution in [0.4, 0.5) is 0 Å². The maximum absolute atomic E-state index is 5.75. The summed E-state index contributed by atoms with van der Waals surface area (Å²) in [6.45, 7) is 7.70. The molecule has 0 aromatic heterocycles. The fourth-order valence-electron chi connectivity index (χ4n) is 2.07. The SMILES string of the molecule is COc1ccc(OCCC(C)CCCC(C)C)cc1. The summed E-state index contributed by atoms with van der Waals surface area (Å²) in [7, 11) is 1.68. The summed E-state index contributed by atoms with van der Waals surface area (Å²) in [6.07, 6.45) is 5.11. The van der Waals surface area contributed by atoms with Gasteiger partial charge in [-0.1, -0.05) is 40.0 Å². The molecule has 2 nitrogen and oxygen atoms in total. The first-order chi connectivity index (χ1) is 9.11. The molecule has 0 aliphatic heterocycles. The summed E-state index contributed by atoms with van der Waals surface area (Å²) in [5.41, 5.74) is 0. The molecule has 108 valence electrons. The van der Waals surface area contributed by atoms with Crippen LogP contribution in [0.1, 0.15) is 46.5 Å². The summed E-state index contributed by atoms with van der Waals surface area (Å²) in [5.74, 6) is 3.37. The molecular formula is C17H28O2. The standard InChI is InChI=1S/C17H28O2/c1-14(2)6-5-7-15(3)12-13-19-17-10-8-16(18-4)9-11-17/h8-11,14-15H,5-7,12-13H2,1-4H3. The molecule has 1 aromatic rings. The smallest absolute Gasteiger partial charge is 0.119 e. The van der Waals surface area contributed by atoms with Crippen LogP contribution in [0.5, 0.6) is 11.5 Å². The van der Waals surface area contributed by atoms with Gasteiger partial charge in [0, 0.05) is 0 Å². The van der Waals surface area contributed by atoms with E-state index in [1.807, 2.05) is 24.3 Å². The molecule has 0 fully saturated rings. The summed E-state index contributed by atoms with van der Waals surface area (Å²) >= 11 is 0. The van der Waals surface area contributed by atoms with Crippen LogP contribution in [0.15, 0.2) is 24.3 Å². The average Bonchev–Trinajstić information content (AvgIpc) is 2.39. The maximum Gasteiger partial charge on any atom is 0.119 e. The molecule has 0 aliphatic carbocycles. The van der Waals surface area contributed by atoms with Gasteiger partial charge < -0.3 is 9.47 Å². The van der Waals surface area contributed by atoms with Crippen LogP contribution in [0.25, 0.3) is 0 Å². The molecule has 0 aliphatic rings. The number of hydrogen-bond acceptors (Lipinski definition) is 2. The largest absolute Gasteiger partial charge is 0.497 e. The van der Waals surface area contributed by atoms with Crippen LogP contribution in [0.2, 0.25) is 0 Å². The Bertz CT molecular complexity index is 330. The molecule has 1 unspecified atom stereocenters. The van der Waals surface area contributed by atoms with E-state index in [2.05, 4.69) is 20.8 Å². The monoisotopic (exact) mass is 264 g/mol. The maximum atomic E-state index is 5.75. The number of rotatable bonds is 9. The summed E-state index contributed by atoms with van der Waals surface area (Å²) < 4.78 is 10.9. The van der Waals surface area contributed by atoms with Crippen molar-refractivity contribution in [1.82, 2.24) is 0 Å². The van der Waals surface area contributed by atoms with Crippen molar-refractivity contribution in [2.24, 2.45) is 11.8 Å². The van der Waals surface area contributed by atoms with E-state index in [1.165, 1.54) is 19.3 Å². The Balaban J connectivity index is 2.14. The van der Waals surface area contributed by atoms with Gasteiger partial charge in [0.2, 0.25) is 0 Å². The molecule has 1 aromatic carbocycles. The van der Waals surface area contributed by atoms with Gasteiger partial charge in [-0.2, -0.15) is 0 Å². The van der Waals surface area contributed by atoms with Crippen molar-refractivity contribution in [2.45, 2.75) is 46.5 Å². The molecule has 0 bridgehead atoms. The zero-order chi connectivity index (χ0) is 14.1. The van der Waals surface area contributed by atoms with Gasteiger partial charge in [-0.3, -0.25) is 0 Å². The third-order valence-electron chi connectivity index (χ3n) is 3.42. The van der Waals surface area contributed by atoms with E-state index in [1.54, 1.807) is 7.11 Å². The lowest BCUT2D eigenvalue weighted by molar-refractivity contribution is 0.275. The topological polar surface area (TPSA) is 18.5 Å². The first-order valence-corrected chi connectivity index (χ1v) is 7.38. The summed E-state index contributed by atoms with van der Waals surface area (Å²) in [6, 6.07) is 7.79. The van der Waals surface area contributed by atoms with Crippen LogP contribution in [-0.4, -0.2) is 13.7 Å². The van der Waals surface area contributed by atoms with Crippen molar-refractivity contribution >= 4 is 0 Å².